The van der Waals surface area contributed by atoms with E-state index in [4.69, 9.17) is 5.11 Å². The maximum absolute atomic E-state index is 10.6. The minimum Gasteiger partial charge on any atom is -0.478 e. The van der Waals surface area contributed by atoms with Crippen LogP contribution in [-0.4, -0.2) is 24.7 Å². The van der Waals surface area contributed by atoms with Gasteiger partial charge in [-0.25, -0.2) is 4.79 Å². The lowest BCUT2D eigenvalue weighted by Crippen LogP contribution is -2.14. The Hall–Kier alpha value is -1.58. The molecular formula is C8H6BNO2. The summed E-state index contributed by atoms with van der Waals surface area (Å²) < 4.78 is 0. The summed E-state index contributed by atoms with van der Waals surface area (Å²) in [7, 11) is 0.608. The SMILES string of the molecule is O=C(O)c1ccc2c(c1)BN=C2. The highest BCUT2D eigenvalue weighted by Crippen LogP contribution is 2.03. The zero-order valence-electron chi connectivity index (χ0n) is 6.32. The molecule has 1 aliphatic heterocycles. The third kappa shape index (κ3) is 1.01. The van der Waals surface area contributed by atoms with E-state index in [0.717, 1.165) is 11.0 Å². The van der Waals surface area contributed by atoms with Gasteiger partial charge in [0.05, 0.1) is 5.56 Å². The molecule has 58 valence electrons. The molecule has 1 aromatic rings. The number of benzene rings is 1. The molecule has 0 spiro atoms. The molecule has 1 aromatic carbocycles. The van der Waals surface area contributed by atoms with Gasteiger partial charge in [-0.1, -0.05) is 12.1 Å². The van der Waals surface area contributed by atoms with E-state index in [1.807, 2.05) is 0 Å². The quantitative estimate of drug-likeness (QED) is 0.576. The van der Waals surface area contributed by atoms with Crippen molar-refractivity contribution in [3.05, 3.63) is 29.3 Å². The molecule has 3 nitrogen and oxygen atoms in total. The number of nitrogens with zero attached hydrogens (tertiary/aromatic N) is 1. The first-order valence-electron chi connectivity index (χ1n) is 3.63. The van der Waals surface area contributed by atoms with Crippen molar-refractivity contribution in [2.45, 2.75) is 0 Å². The van der Waals surface area contributed by atoms with Crippen molar-refractivity contribution < 1.29 is 9.90 Å². The fraction of sp³-hybridized carbons (Fsp3) is 0. The van der Waals surface area contributed by atoms with Crippen LogP contribution in [0.25, 0.3) is 0 Å². The number of carbonyl (C=O) groups is 1. The van der Waals surface area contributed by atoms with Crippen LogP contribution in [0.15, 0.2) is 23.1 Å². The van der Waals surface area contributed by atoms with Crippen molar-refractivity contribution in [1.29, 1.82) is 0 Å². The molecule has 0 bridgehead atoms. The number of aromatic carboxylic acids is 1. The monoisotopic (exact) mass is 159 g/mol. The highest BCUT2D eigenvalue weighted by atomic mass is 16.4. The first-order chi connectivity index (χ1) is 5.77. The van der Waals surface area contributed by atoms with Gasteiger partial charge >= 0.3 is 5.97 Å². The molecule has 0 aliphatic carbocycles. The minimum atomic E-state index is -0.885. The van der Waals surface area contributed by atoms with Gasteiger partial charge in [-0.05, 0) is 17.1 Å². The van der Waals surface area contributed by atoms with Gasteiger partial charge in [-0.15, -0.1) is 0 Å². The average molecular weight is 159 g/mol. The molecule has 1 heterocycles. The Bertz CT molecular complexity index is 373. The van der Waals surface area contributed by atoms with Crippen molar-refractivity contribution >= 4 is 25.1 Å². The Labute approximate surface area is 70.0 Å². The van der Waals surface area contributed by atoms with Crippen LogP contribution >= 0.6 is 0 Å². The van der Waals surface area contributed by atoms with Crippen molar-refractivity contribution in [2.24, 2.45) is 4.90 Å². The molecule has 0 radical (unpaired) electrons. The Morgan fingerprint density at radius 3 is 3.08 bits per heavy atom. The second-order valence-corrected chi connectivity index (χ2v) is 2.69. The summed E-state index contributed by atoms with van der Waals surface area (Å²) >= 11 is 0. The van der Waals surface area contributed by atoms with Crippen molar-refractivity contribution in [3.63, 3.8) is 0 Å². The van der Waals surface area contributed by atoms with Gasteiger partial charge in [0, 0.05) is 6.21 Å². The van der Waals surface area contributed by atoms with Gasteiger partial charge < -0.3 is 10.0 Å². The van der Waals surface area contributed by atoms with Crippen LogP contribution in [0.1, 0.15) is 15.9 Å². The fourth-order valence-corrected chi connectivity index (χ4v) is 1.24. The van der Waals surface area contributed by atoms with E-state index in [1.165, 1.54) is 0 Å². The second kappa shape index (κ2) is 2.48. The van der Waals surface area contributed by atoms with Crippen LogP contribution in [-0.2, 0) is 0 Å². The number of hydrogen-bond acceptors (Lipinski definition) is 2. The number of carboxylic acid groups (broad SMARTS) is 1. The lowest BCUT2D eigenvalue weighted by Gasteiger charge is -1.97. The largest absolute Gasteiger partial charge is 0.478 e. The van der Waals surface area contributed by atoms with Crippen LogP contribution in [0.5, 0.6) is 0 Å². The predicted octanol–water partition coefficient (Wildman–Crippen LogP) is -0.206. The summed E-state index contributed by atoms with van der Waals surface area (Å²) in [5, 5.41) is 8.68. The van der Waals surface area contributed by atoms with Gasteiger partial charge in [0.25, 0.3) is 7.41 Å². The average Bonchev–Trinajstić information content (AvgIpc) is 2.49. The first-order valence-corrected chi connectivity index (χ1v) is 3.63. The van der Waals surface area contributed by atoms with E-state index in [9.17, 15) is 4.79 Å². The number of hydrogen-bond donors (Lipinski definition) is 1. The Morgan fingerprint density at radius 1 is 1.50 bits per heavy atom. The lowest BCUT2D eigenvalue weighted by atomic mass is 9.83. The van der Waals surface area contributed by atoms with E-state index in [2.05, 4.69) is 4.90 Å². The Balaban J connectivity index is 2.49. The molecule has 0 unspecified atom stereocenters. The van der Waals surface area contributed by atoms with Crippen LogP contribution in [0.3, 0.4) is 0 Å². The van der Waals surface area contributed by atoms with Crippen LogP contribution in [0.2, 0.25) is 0 Å². The van der Waals surface area contributed by atoms with Gasteiger partial charge in [0.2, 0.25) is 0 Å². The molecule has 4 heteroatoms. The van der Waals surface area contributed by atoms with Gasteiger partial charge in [0.1, 0.15) is 0 Å². The zero-order chi connectivity index (χ0) is 8.55. The molecule has 0 saturated carbocycles. The molecule has 0 saturated heterocycles. The summed E-state index contributed by atoms with van der Waals surface area (Å²) in [5.74, 6) is -0.885. The molecule has 0 aromatic heterocycles. The van der Waals surface area contributed by atoms with E-state index < -0.39 is 5.97 Å². The normalized spacial score (nSPS) is 12.3. The fourth-order valence-electron chi connectivity index (χ4n) is 1.24. The molecule has 1 N–H and O–H groups in total. The van der Waals surface area contributed by atoms with Crippen molar-refractivity contribution in [1.82, 2.24) is 0 Å². The summed E-state index contributed by atoms with van der Waals surface area (Å²) in [6, 6.07) is 5.05. The Kier molecular flexibility index (Phi) is 1.47. The predicted molar refractivity (Wildman–Crippen MR) is 47.8 cm³/mol. The molecular weight excluding hydrogens is 153 g/mol. The van der Waals surface area contributed by atoms with E-state index in [1.54, 1.807) is 24.4 Å². The summed E-state index contributed by atoms with van der Waals surface area (Å²) in [5.41, 5.74) is 2.36. The van der Waals surface area contributed by atoms with Crippen molar-refractivity contribution in [2.75, 3.05) is 0 Å². The van der Waals surface area contributed by atoms with Crippen LogP contribution in [0.4, 0.5) is 0 Å². The second-order valence-electron chi connectivity index (χ2n) is 2.69. The molecule has 0 amide bonds. The lowest BCUT2D eigenvalue weighted by molar-refractivity contribution is 0.0697. The number of fused-ring (bicyclic) bond motifs is 1. The standard InChI is InChI=1S/C8H6BNO2/c11-8(12)5-1-2-6-4-10-9-7(6)3-5/h1-4,9H,(H,11,12). The zero-order valence-corrected chi connectivity index (χ0v) is 6.32. The van der Waals surface area contributed by atoms with E-state index in [-0.39, 0.29) is 0 Å². The third-order valence-electron chi connectivity index (χ3n) is 1.88. The minimum absolute atomic E-state index is 0.333. The van der Waals surface area contributed by atoms with E-state index in [0.29, 0.717) is 13.0 Å². The molecule has 2 rings (SSSR count). The van der Waals surface area contributed by atoms with E-state index >= 15 is 0 Å². The van der Waals surface area contributed by atoms with Gasteiger partial charge in [-0.2, -0.15) is 0 Å². The highest BCUT2D eigenvalue weighted by molar-refractivity contribution is 6.57. The smallest absolute Gasteiger partial charge is 0.335 e. The number of carboxylic acids is 1. The number of rotatable bonds is 1. The van der Waals surface area contributed by atoms with Gasteiger partial charge in [-0.3, -0.25) is 0 Å². The molecule has 0 fully saturated rings. The first kappa shape index (κ1) is 7.09. The van der Waals surface area contributed by atoms with Crippen molar-refractivity contribution in [3.8, 4) is 0 Å². The molecule has 1 aliphatic rings. The topological polar surface area (TPSA) is 49.7 Å². The maximum Gasteiger partial charge on any atom is 0.335 e. The Morgan fingerprint density at radius 2 is 2.33 bits per heavy atom. The highest BCUT2D eigenvalue weighted by Gasteiger charge is 2.10. The van der Waals surface area contributed by atoms with Gasteiger partial charge in [0.15, 0.2) is 0 Å². The summed E-state index contributed by atoms with van der Waals surface area (Å²) in [6.45, 7) is 0. The summed E-state index contributed by atoms with van der Waals surface area (Å²) in [6.07, 6.45) is 1.76. The summed E-state index contributed by atoms with van der Waals surface area (Å²) in [4.78, 5) is 14.6. The third-order valence-corrected chi connectivity index (χ3v) is 1.88. The maximum atomic E-state index is 10.6. The molecule has 12 heavy (non-hydrogen) atoms. The molecule has 0 atom stereocenters. The van der Waals surface area contributed by atoms with Crippen LogP contribution < -0.4 is 5.46 Å². The van der Waals surface area contributed by atoms with Crippen LogP contribution in [0, 0.1) is 0 Å².